The van der Waals surface area contributed by atoms with Gasteiger partial charge in [0.2, 0.25) is 15.9 Å². The van der Waals surface area contributed by atoms with Crippen molar-refractivity contribution in [1.82, 2.24) is 5.32 Å². The SMILES string of the molecule is NC(=O)c1c(N)c(-c2ccccc2)cc(/C=C/C(=O)NCc2ccccc2)c1S(N)(=O)=O. The van der Waals surface area contributed by atoms with Gasteiger partial charge in [0.1, 0.15) is 4.90 Å². The van der Waals surface area contributed by atoms with E-state index in [0.29, 0.717) is 11.1 Å². The molecule has 9 heteroatoms. The molecule has 0 aromatic heterocycles. The Balaban J connectivity index is 2.06. The van der Waals surface area contributed by atoms with Gasteiger partial charge in [-0.15, -0.1) is 0 Å². The van der Waals surface area contributed by atoms with Crippen molar-refractivity contribution in [3.63, 3.8) is 0 Å². The molecule has 164 valence electrons. The second-order valence-corrected chi connectivity index (χ2v) is 8.44. The summed E-state index contributed by atoms with van der Waals surface area (Å²) in [5, 5.41) is 8.07. The maximum atomic E-state index is 12.3. The van der Waals surface area contributed by atoms with Gasteiger partial charge in [-0.3, -0.25) is 9.59 Å². The van der Waals surface area contributed by atoms with E-state index < -0.39 is 32.3 Å². The molecule has 8 nitrogen and oxygen atoms in total. The maximum Gasteiger partial charge on any atom is 0.252 e. The minimum atomic E-state index is -4.40. The van der Waals surface area contributed by atoms with Crippen molar-refractivity contribution >= 4 is 33.6 Å². The van der Waals surface area contributed by atoms with E-state index in [2.05, 4.69) is 5.32 Å². The van der Waals surface area contributed by atoms with E-state index in [1.807, 2.05) is 30.3 Å². The van der Waals surface area contributed by atoms with Crippen molar-refractivity contribution in [2.75, 3.05) is 5.73 Å². The van der Waals surface area contributed by atoms with Crippen molar-refractivity contribution in [2.45, 2.75) is 11.4 Å². The molecular weight excluding hydrogens is 428 g/mol. The van der Waals surface area contributed by atoms with Gasteiger partial charge in [0.15, 0.2) is 0 Å². The summed E-state index contributed by atoms with van der Waals surface area (Å²) < 4.78 is 24.6. The number of amides is 2. The Bertz CT molecular complexity index is 1290. The first-order chi connectivity index (χ1) is 15.2. The monoisotopic (exact) mass is 450 g/mol. The minimum absolute atomic E-state index is 0.0178. The predicted molar refractivity (Wildman–Crippen MR) is 124 cm³/mol. The van der Waals surface area contributed by atoms with Crippen LogP contribution in [0.4, 0.5) is 5.69 Å². The zero-order valence-corrected chi connectivity index (χ0v) is 17.8. The molecule has 0 saturated carbocycles. The lowest BCUT2D eigenvalue weighted by molar-refractivity contribution is -0.116. The molecule has 0 aliphatic heterocycles. The number of carbonyl (C=O) groups is 2. The molecule has 0 spiro atoms. The van der Waals surface area contributed by atoms with Crippen LogP contribution >= 0.6 is 0 Å². The second-order valence-electron chi connectivity index (χ2n) is 6.94. The van der Waals surface area contributed by atoms with Crippen LogP contribution in [0.3, 0.4) is 0 Å². The Kier molecular flexibility index (Phi) is 6.72. The molecule has 0 saturated heterocycles. The minimum Gasteiger partial charge on any atom is -0.398 e. The first kappa shape index (κ1) is 22.7. The molecule has 3 rings (SSSR count). The number of primary amides is 1. The summed E-state index contributed by atoms with van der Waals surface area (Å²) in [6, 6.07) is 19.5. The van der Waals surface area contributed by atoms with E-state index in [4.69, 9.17) is 16.6 Å². The van der Waals surface area contributed by atoms with Gasteiger partial charge < -0.3 is 16.8 Å². The van der Waals surface area contributed by atoms with Crippen molar-refractivity contribution in [2.24, 2.45) is 10.9 Å². The summed E-state index contributed by atoms with van der Waals surface area (Å²) in [6.45, 7) is 0.287. The number of benzene rings is 3. The largest absolute Gasteiger partial charge is 0.398 e. The van der Waals surface area contributed by atoms with Gasteiger partial charge in [0, 0.05) is 18.2 Å². The number of sulfonamides is 1. The van der Waals surface area contributed by atoms with Crippen LogP contribution in [0.2, 0.25) is 0 Å². The van der Waals surface area contributed by atoms with Crippen LogP contribution in [-0.4, -0.2) is 20.2 Å². The average molecular weight is 451 g/mol. The van der Waals surface area contributed by atoms with Gasteiger partial charge in [0.25, 0.3) is 5.91 Å². The van der Waals surface area contributed by atoms with Crippen LogP contribution in [-0.2, 0) is 21.4 Å². The van der Waals surface area contributed by atoms with Crippen molar-refractivity contribution in [3.05, 3.63) is 89.5 Å². The smallest absolute Gasteiger partial charge is 0.252 e. The molecule has 0 bridgehead atoms. The maximum absolute atomic E-state index is 12.3. The molecular formula is C23H22N4O4S. The molecule has 3 aromatic rings. The second kappa shape index (κ2) is 9.46. The van der Waals surface area contributed by atoms with Crippen molar-refractivity contribution in [3.8, 4) is 11.1 Å². The predicted octanol–water partition coefficient (Wildman–Crippen LogP) is 2.01. The Labute approximate surface area is 185 Å². The van der Waals surface area contributed by atoms with Gasteiger partial charge in [-0.2, -0.15) is 0 Å². The number of nitrogens with two attached hydrogens (primary N) is 3. The number of anilines is 1. The lowest BCUT2D eigenvalue weighted by Crippen LogP contribution is -2.24. The third-order valence-corrected chi connectivity index (χ3v) is 5.70. The lowest BCUT2D eigenvalue weighted by Gasteiger charge is -2.16. The summed E-state index contributed by atoms with van der Waals surface area (Å²) in [5.41, 5.74) is 13.0. The highest BCUT2D eigenvalue weighted by molar-refractivity contribution is 7.89. The van der Waals surface area contributed by atoms with E-state index in [-0.39, 0.29) is 17.8 Å². The molecule has 0 aliphatic rings. The fourth-order valence-corrected chi connectivity index (χ4v) is 4.19. The van der Waals surface area contributed by atoms with E-state index in [1.165, 1.54) is 12.1 Å². The summed E-state index contributed by atoms with van der Waals surface area (Å²) >= 11 is 0. The summed E-state index contributed by atoms with van der Waals surface area (Å²) in [5.74, 6) is -1.51. The zero-order chi connectivity index (χ0) is 23.3. The van der Waals surface area contributed by atoms with Gasteiger partial charge in [-0.25, -0.2) is 13.6 Å². The fraction of sp³-hybridized carbons (Fsp3) is 0.0435. The molecule has 2 amide bonds. The molecule has 0 unspecified atom stereocenters. The highest BCUT2D eigenvalue weighted by atomic mass is 32.2. The molecule has 0 fully saturated rings. The number of rotatable bonds is 7. The highest BCUT2D eigenvalue weighted by Crippen LogP contribution is 2.35. The van der Waals surface area contributed by atoms with Crippen LogP contribution in [0.1, 0.15) is 21.5 Å². The number of nitrogen functional groups attached to an aromatic ring is 1. The summed E-state index contributed by atoms with van der Waals surface area (Å²) in [6.07, 6.45) is 2.42. The van der Waals surface area contributed by atoms with Crippen molar-refractivity contribution in [1.29, 1.82) is 0 Å². The van der Waals surface area contributed by atoms with Gasteiger partial charge >= 0.3 is 0 Å². The zero-order valence-electron chi connectivity index (χ0n) is 17.0. The first-order valence-corrected chi connectivity index (χ1v) is 11.1. The summed E-state index contributed by atoms with van der Waals surface area (Å²) in [4.78, 5) is 23.9. The third kappa shape index (κ3) is 5.20. The van der Waals surface area contributed by atoms with Gasteiger partial charge in [0.05, 0.1) is 11.3 Å². The number of carbonyl (C=O) groups excluding carboxylic acids is 2. The van der Waals surface area contributed by atoms with Crippen molar-refractivity contribution < 1.29 is 18.0 Å². The molecule has 7 N–H and O–H groups in total. The van der Waals surface area contributed by atoms with Gasteiger partial charge in [-0.05, 0) is 28.8 Å². The topological polar surface area (TPSA) is 158 Å². The Hall–Kier alpha value is -3.95. The van der Waals surface area contributed by atoms with Crippen LogP contribution in [0.25, 0.3) is 17.2 Å². The van der Waals surface area contributed by atoms with E-state index >= 15 is 0 Å². The fourth-order valence-electron chi connectivity index (χ4n) is 3.24. The molecule has 3 aromatic carbocycles. The van der Waals surface area contributed by atoms with E-state index in [0.717, 1.165) is 11.6 Å². The van der Waals surface area contributed by atoms with E-state index in [9.17, 15) is 18.0 Å². The summed E-state index contributed by atoms with van der Waals surface area (Å²) in [7, 11) is -4.40. The number of primary sulfonamides is 1. The Morgan fingerprint density at radius 3 is 2.12 bits per heavy atom. The van der Waals surface area contributed by atoms with Crippen LogP contribution in [0.5, 0.6) is 0 Å². The van der Waals surface area contributed by atoms with Gasteiger partial charge in [-0.1, -0.05) is 60.7 Å². The number of hydrogen-bond acceptors (Lipinski definition) is 5. The third-order valence-electron chi connectivity index (χ3n) is 4.69. The van der Waals surface area contributed by atoms with E-state index in [1.54, 1.807) is 30.3 Å². The normalized spacial score (nSPS) is 11.4. The average Bonchev–Trinajstić information content (AvgIpc) is 2.76. The first-order valence-electron chi connectivity index (χ1n) is 9.53. The quantitative estimate of drug-likeness (QED) is 0.320. The van der Waals surface area contributed by atoms with Crippen LogP contribution in [0.15, 0.2) is 77.7 Å². The number of nitrogens with one attached hydrogen (secondary N) is 1. The highest BCUT2D eigenvalue weighted by Gasteiger charge is 2.26. The standard InChI is InChI=1S/C23H22N4O4S/c24-21-18(16-9-5-2-6-10-16)13-17(22(32(26,30)31)20(21)23(25)29)11-12-19(28)27-14-15-7-3-1-4-8-15/h1-13H,14,24H2,(H2,25,29)(H,27,28)(H2,26,30,31)/b12-11+. The Morgan fingerprint density at radius 1 is 0.969 bits per heavy atom. The Morgan fingerprint density at radius 2 is 1.56 bits per heavy atom. The molecule has 32 heavy (non-hydrogen) atoms. The molecule has 0 atom stereocenters. The number of hydrogen-bond donors (Lipinski definition) is 4. The van der Waals surface area contributed by atoms with Crippen LogP contribution < -0.4 is 21.9 Å². The molecule has 0 aliphatic carbocycles. The molecule has 0 radical (unpaired) electrons. The molecule has 0 heterocycles. The lowest BCUT2D eigenvalue weighted by atomic mass is 9.96. The van der Waals surface area contributed by atoms with Crippen LogP contribution in [0, 0.1) is 0 Å².